The van der Waals surface area contributed by atoms with Gasteiger partial charge in [-0.2, -0.15) is 4.98 Å². The van der Waals surface area contributed by atoms with Gasteiger partial charge in [0.2, 0.25) is 5.82 Å². The van der Waals surface area contributed by atoms with Crippen molar-refractivity contribution in [2.24, 2.45) is 5.73 Å². The van der Waals surface area contributed by atoms with Crippen molar-refractivity contribution in [2.45, 2.75) is 6.10 Å². The number of halogens is 1. The SMILES string of the molecule is NCC(O)c1nc(-c2cccc(Cl)c2)no1. The molecule has 3 N–H and O–H groups in total. The highest BCUT2D eigenvalue weighted by Gasteiger charge is 2.15. The molecule has 0 radical (unpaired) electrons. The fraction of sp³-hybridized carbons (Fsp3) is 0.200. The molecule has 1 atom stereocenters. The second kappa shape index (κ2) is 4.61. The van der Waals surface area contributed by atoms with E-state index in [4.69, 9.17) is 21.9 Å². The molecular weight excluding hydrogens is 230 g/mol. The smallest absolute Gasteiger partial charge is 0.257 e. The first-order chi connectivity index (χ1) is 7.70. The third-order valence-corrected chi connectivity index (χ3v) is 2.27. The Hall–Kier alpha value is -1.43. The number of aliphatic hydroxyl groups excluding tert-OH is 1. The molecule has 2 rings (SSSR count). The lowest BCUT2D eigenvalue weighted by molar-refractivity contribution is 0.141. The van der Waals surface area contributed by atoms with Crippen molar-refractivity contribution in [3.63, 3.8) is 0 Å². The number of hydrogen-bond donors (Lipinski definition) is 2. The summed E-state index contributed by atoms with van der Waals surface area (Å²) in [6.45, 7) is 0.0389. The van der Waals surface area contributed by atoms with Crippen LogP contribution < -0.4 is 5.73 Å². The highest BCUT2D eigenvalue weighted by atomic mass is 35.5. The molecule has 84 valence electrons. The lowest BCUT2D eigenvalue weighted by Gasteiger charge is -1.98. The summed E-state index contributed by atoms with van der Waals surface area (Å²) in [6, 6.07) is 7.05. The van der Waals surface area contributed by atoms with Crippen LogP contribution in [0.15, 0.2) is 28.8 Å². The predicted octanol–water partition coefficient (Wildman–Crippen LogP) is 1.38. The average Bonchev–Trinajstić information content (AvgIpc) is 2.77. The maximum absolute atomic E-state index is 9.40. The molecule has 0 spiro atoms. The van der Waals surface area contributed by atoms with Gasteiger partial charge in [0.15, 0.2) is 0 Å². The minimum atomic E-state index is -0.930. The molecule has 2 aromatic rings. The zero-order valence-corrected chi connectivity index (χ0v) is 9.05. The number of aliphatic hydroxyl groups is 1. The van der Waals surface area contributed by atoms with Gasteiger partial charge >= 0.3 is 0 Å². The van der Waals surface area contributed by atoms with Gasteiger partial charge in [-0.3, -0.25) is 0 Å². The highest BCUT2D eigenvalue weighted by molar-refractivity contribution is 6.30. The second-order valence-corrected chi connectivity index (χ2v) is 3.65. The van der Waals surface area contributed by atoms with E-state index in [0.29, 0.717) is 10.8 Å². The molecule has 1 aromatic heterocycles. The standard InChI is InChI=1S/C10H10ClN3O2/c11-7-3-1-2-6(4-7)9-13-10(16-14-9)8(15)5-12/h1-4,8,15H,5,12H2. The summed E-state index contributed by atoms with van der Waals surface area (Å²) >= 11 is 5.84. The number of aromatic nitrogens is 2. The van der Waals surface area contributed by atoms with Crippen molar-refractivity contribution in [3.8, 4) is 11.4 Å². The zero-order valence-electron chi connectivity index (χ0n) is 8.30. The van der Waals surface area contributed by atoms with Crippen molar-refractivity contribution >= 4 is 11.6 Å². The van der Waals surface area contributed by atoms with E-state index in [9.17, 15) is 5.11 Å². The maximum Gasteiger partial charge on any atom is 0.257 e. The molecule has 0 bridgehead atoms. The molecule has 0 saturated carbocycles. The molecule has 0 aliphatic rings. The molecule has 1 aromatic carbocycles. The Kier molecular flexibility index (Phi) is 3.19. The van der Waals surface area contributed by atoms with E-state index in [1.165, 1.54) is 0 Å². The van der Waals surface area contributed by atoms with Crippen molar-refractivity contribution < 1.29 is 9.63 Å². The maximum atomic E-state index is 9.40. The van der Waals surface area contributed by atoms with Crippen LogP contribution in [-0.4, -0.2) is 21.8 Å². The van der Waals surface area contributed by atoms with E-state index in [0.717, 1.165) is 5.56 Å². The quantitative estimate of drug-likeness (QED) is 0.845. The van der Waals surface area contributed by atoms with E-state index in [-0.39, 0.29) is 12.4 Å². The van der Waals surface area contributed by atoms with Gasteiger partial charge in [0.25, 0.3) is 5.89 Å². The van der Waals surface area contributed by atoms with Crippen LogP contribution in [0.4, 0.5) is 0 Å². The second-order valence-electron chi connectivity index (χ2n) is 3.22. The van der Waals surface area contributed by atoms with Gasteiger partial charge in [-0.15, -0.1) is 0 Å². The first-order valence-electron chi connectivity index (χ1n) is 4.68. The first kappa shape index (κ1) is 11.1. The molecular formula is C10H10ClN3O2. The molecule has 0 aliphatic heterocycles. The van der Waals surface area contributed by atoms with Crippen LogP contribution >= 0.6 is 11.6 Å². The van der Waals surface area contributed by atoms with Gasteiger partial charge in [0, 0.05) is 17.1 Å². The Morgan fingerprint density at radius 2 is 2.31 bits per heavy atom. The summed E-state index contributed by atoms with van der Waals surface area (Å²) in [5, 5.41) is 13.7. The van der Waals surface area contributed by atoms with Crippen molar-refractivity contribution in [1.29, 1.82) is 0 Å². The Morgan fingerprint density at radius 1 is 1.50 bits per heavy atom. The van der Waals surface area contributed by atoms with E-state index < -0.39 is 6.10 Å². The average molecular weight is 240 g/mol. The van der Waals surface area contributed by atoms with Crippen LogP contribution in [0.2, 0.25) is 5.02 Å². The summed E-state index contributed by atoms with van der Waals surface area (Å²) in [6.07, 6.45) is -0.930. The summed E-state index contributed by atoms with van der Waals surface area (Å²) in [4.78, 5) is 4.03. The molecule has 0 saturated heterocycles. The molecule has 0 amide bonds. The Morgan fingerprint density at radius 3 is 3.00 bits per heavy atom. The molecule has 16 heavy (non-hydrogen) atoms. The van der Waals surface area contributed by atoms with E-state index >= 15 is 0 Å². The van der Waals surface area contributed by atoms with Crippen molar-refractivity contribution in [1.82, 2.24) is 10.1 Å². The summed E-state index contributed by atoms with van der Waals surface area (Å²) in [5.74, 6) is 0.488. The minimum Gasteiger partial charge on any atom is -0.382 e. The number of rotatable bonds is 3. The molecule has 0 aliphatic carbocycles. The predicted molar refractivity (Wildman–Crippen MR) is 58.8 cm³/mol. The molecule has 5 nitrogen and oxygen atoms in total. The molecule has 0 fully saturated rings. The number of hydrogen-bond acceptors (Lipinski definition) is 5. The number of benzene rings is 1. The van der Waals surface area contributed by atoms with E-state index in [1.54, 1.807) is 24.3 Å². The van der Waals surface area contributed by atoms with E-state index in [2.05, 4.69) is 10.1 Å². The number of nitrogens with two attached hydrogens (primary N) is 1. The molecule has 6 heteroatoms. The van der Waals surface area contributed by atoms with Gasteiger partial charge in [-0.25, -0.2) is 0 Å². The highest BCUT2D eigenvalue weighted by Crippen LogP contribution is 2.21. The summed E-state index contributed by atoms with van der Waals surface area (Å²) in [7, 11) is 0. The molecule has 1 unspecified atom stereocenters. The third-order valence-electron chi connectivity index (χ3n) is 2.03. The fourth-order valence-electron chi connectivity index (χ4n) is 1.22. The van der Waals surface area contributed by atoms with Crippen molar-refractivity contribution in [2.75, 3.05) is 6.54 Å². The Labute approximate surface area is 96.8 Å². The fourth-order valence-corrected chi connectivity index (χ4v) is 1.41. The van der Waals surface area contributed by atoms with Crippen molar-refractivity contribution in [3.05, 3.63) is 35.2 Å². The lowest BCUT2D eigenvalue weighted by Crippen LogP contribution is -2.11. The third kappa shape index (κ3) is 2.21. The first-order valence-corrected chi connectivity index (χ1v) is 5.06. The Bertz CT molecular complexity index is 486. The normalized spacial score (nSPS) is 12.7. The van der Waals surface area contributed by atoms with Crippen LogP contribution in [-0.2, 0) is 0 Å². The Balaban J connectivity index is 2.31. The van der Waals surface area contributed by atoms with E-state index in [1.807, 2.05) is 0 Å². The summed E-state index contributed by atoms with van der Waals surface area (Å²) < 4.78 is 4.88. The monoisotopic (exact) mass is 239 g/mol. The van der Waals surface area contributed by atoms with Crippen LogP contribution in [0.5, 0.6) is 0 Å². The number of nitrogens with zero attached hydrogens (tertiary/aromatic N) is 2. The largest absolute Gasteiger partial charge is 0.382 e. The summed E-state index contributed by atoms with van der Waals surface area (Å²) in [5.41, 5.74) is 6.01. The van der Waals surface area contributed by atoms with Crippen LogP contribution in [0.25, 0.3) is 11.4 Å². The van der Waals surface area contributed by atoms with Gasteiger partial charge in [0.1, 0.15) is 6.10 Å². The van der Waals surface area contributed by atoms with Crippen LogP contribution in [0.3, 0.4) is 0 Å². The zero-order chi connectivity index (χ0) is 11.5. The van der Waals surface area contributed by atoms with Crippen LogP contribution in [0.1, 0.15) is 12.0 Å². The van der Waals surface area contributed by atoms with Gasteiger partial charge < -0.3 is 15.4 Å². The molecule has 1 heterocycles. The lowest BCUT2D eigenvalue weighted by atomic mass is 10.2. The topological polar surface area (TPSA) is 85.2 Å². The van der Waals surface area contributed by atoms with Crippen LogP contribution in [0, 0.1) is 0 Å². The van der Waals surface area contributed by atoms with Gasteiger partial charge in [0.05, 0.1) is 0 Å². The van der Waals surface area contributed by atoms with Gasteiger partial charge in [-0.1, -0.05) is 28.9 Å². The minimum absolute atomic E-state index is 0.0389. The van der Waals surface area contributed by atoms with Gasteiger partial charge in [-0.05, 0) is 12.1 Å².